The van der Waals surface area contributed by atoms with Gasteiger partial charge in [-0.1, -0.05) is 13.8 Å². The van der Waals surface area contributed by atoms with Gasteiger partial charge in [-0.05, 0) is 24.8 Å². The van der Waals surface area contributed by atoms with Crippen LogP contribution in [0.2, 0.25) is 0 Å². The average molecular weight is 286 g/mol. The molecule has 0 spiro atoms. The van der Waals surface area contributed by atoms with Gasteiger partial charge in [0, 0.05) is 12.1 Å². The number of nitrogens with one attached hydrogen (secondary N) is 2. The lowest BCUT2D eigenvalue weighted by Crippen LogP contribution is -2.53. The molecule has 1 aromatic carbocycles. The lowest BCUT2D eigenvalue weighted by atomic mass is 9.77. The van der Waals surface area contributed by atoms with Gasteiger partial charge in [-0.15, -0.1) is 0 Å². The summed E-state index contributed by atoms with van der Waals surface area (Å²) in [6, 6.07) is 0.538. The topological polar surface area (TPSA) is 41.1 Å². The molecule has 1 atom stereocenters. The van der Waals surface area contributed by atoms with Crippen molar-refractivity contribution < 1.29 is 18.0 Å². The standard InChI is InChI=1S/C14H17F3N2O/c1-14(2)4-3-5-18-12(14)13(20)19-11-9(16)6-8(15)7-10(11)17/h6-7,12,18H,3-5H2,1-2H3,(H,19,20). The van der Waals surface area contributed by atoms with Gasteiger partial charge in [0.25, 0.3) is 0 Å². The second-order valence-electron chi connectivity index (χ2n) is 5.71. The molecule has 0 radical (unpaired) electrons. The molecule has 1 heterocycles. The highest BCUT2D eigenvalue weighted by Gasteiger charge is 2.37. The molecule has 0 aromatic heterocycles. The Labute approximate surface area is 115 Å². The van der Waals surface area contributed by atoms with Crippen LogP contribution in [0.4, 0.5) is 18.9 Å². The van der Waals surface area contributed by atoms with Crippen molar-refractivity contribution in [2.75, 3.05) is 11.9 Å². The van der Waals surface area contributed by atoms with Gasteiger partial charge < -0.3 is 10.6 Å². The second kappa shape index (κ2) is 5.44. The van der Waals surface area contributed by atoms with E-state index in [1.807, 2.05) is 13.8 Å². The van der Waals surface area contributed by atoms with Gasteiger partial charge in [-0.3, -0.25) is 4.79 Å². The van der Waals surface area contributed by atoms with Gasteiger partial charge in [-0.2, -0.15) is 0 Å². The second-order valence-corrected chi connectivity index (χ2v) is 5.71. The van der Waals surface area contributed by atoms with E-state index < -0.39 is 35.1 Å². The predicted octanol–water partition coefficient (Wildman–Crippen LogP) is 2.82. The van der Waals surface area contributed by atoms with E-state index in [2.05, 4.69) is 10.6 Å². The summed E-state index contributed by atoms with van der Waals surface area (Å²) in [5.74, 6) is -3.78. The Morgan fingerprint density at radius 2 is 1.90 bits per heavy atom. The fourth-order valence-corrected chi connectivity index (χ4v) is 2.52. The molecule has 1 aliphatic rings. The predicted molar refractivity (Wildman–Crippen MR) is 69.8 cm³/mol. The van der Waals surface area contributed by atoms with Crippen molar-refractivity contribution in [2.24, 2.45) is 5.41 Å². The number of hydrogen-bond acceptors (Lipinski definition) is 2. The first-order valence-electron chi connectivity index (χ1n) is 6.50. The molecular formula is C14H17F3N2O. The molecule has 1 aliphatic heterocycles. The molecule has 6 heteroatoms. The summed E-state index contributed by atoms with van der Waals surface area (Å²) in [5.41, 5.74) is -0.922. The molecule has 0 aliphatic carbocycles. The number of hydrogen-bond donors (Lipinski definition) is 2. The molecule has 1 unspecified atom stereocenters. The van der Waals surface area contributed by atoms with Crippen LogP contribution >= 0.6 is 0 Å². The van der Waals surface area contributed by atoms with Crippen molar-refractivity contribution in [1.29, 1.82) is 0 Å². The molecule has 1 aromatic rings. The maximum Gasteiger partial charge on any atom is 0.242 e. The van der Waals surface area contributed by atoms with E-state index in [4.69, 9.17) is 0 Å². The van der Waals surface area contributed by atoms with E-state index >= 15 is 0 Å². The Balaban J connectivity index is 2.20. The third-order valence-corrected chi connectivity index (χ3v) is 3.65. The van der Waals surface area contributed by atoms with Crippen LogP contribution in [0.25, 0.3) is 0 Å². The maximum atomic E-state index is 13.5. The third kappa shape index (κ3) is 2.95. The Bertz CT molecular complexity index is 508. The molecule has 3 nitrogen and oxygen atoms in total. The van der Waals surface area contributed by atoms with E-state index in [-0.39, 0.29) is 5.41 Å². The molecule has 20 heavy (non-hydrogen) atoms. The molecule has 0 bridgehead atoms. The number of amides is 1. The van der Waals surface area contributed by atoms with Crippen LogP contribution < -0.4 is 10.6 Å². The summed E-state index contributed by atoms with van der Waals surface area (Å²) in [7, 11) is 0. The molecule has 2 N–H and O–H groups in total. The number of halogens is 3. The minimum absolute atomic E-state index is 0.310. The van der Waals surface area contributed by atoms with Crippen LogP contribution in [0.15, 0.2) is 12.1 Å². The van der Waals surface area contributed by atoms with E-state index in [0.29, 0.717) is 18.7 Å². The van der Waals surface area contributed by atoms with E-state index in [1.165, 1.54) is 0 Å². The van der Waals surface area contributed by atoms with Crippen LogP contribution in [0.1, 0.15) is 26.7 Å². The Hall–Kier alpha value is -1.56. The van der Waals surface area contributed by atoms with E-state index in [1.54, 1.807) is 0 Å². The summed E-state index contributed by atoms with van der Waals surface area (Å²) >= 11 is 0. The zero-order valence-corrected chi connectivity index (χ0v) is 11.4. The molecule has 2 rings (SSSR count). The quantitative estimate of drug-likeness (QED) is 0.877. The van der Waals surface area contributed by atoms with Crippen molar-refractivity contribution in [2.45, 2.75) is 32.7 Å². The van der Waals surface area contributed by atoms with Crippen molar-refractivity contribution in [3.63, 3.8) is 0 Å². The number of piperidine rings is 1. The molecule has 1 amide bonds. The van der Waals surface area contributed by atoms with Gasteiger partial charge in [0.1, 0.15) is 11.5 Å². The summed E-state index contributed by atoms with van der Waals surface area (Å²) in [5, 5.41) is 5.26. The number of benzene rings is 1. The van der Waals surface area contributed by atoms with Crippen molar-refractivity contribution in [3.05, 3.63) is 29.6 Å². The van der Waals surface area contributed by atoms with Gasteiger partial charge >= 0.3 is 0 Å². The van der Waals surface area contributed by atoms with Gasteiger partial charge in [0.15, 0.2) is 11.6 Å². The lowest BCUT2D eigenvalue weighted by molar-refractivity contribution is -0.121. The number of anilines is 1. The Morgan fingerprint density at radius 1 is 1.30 bits per heavy atom. The van der Waals surface area contributed by atoms with Crippen LogP contribution in [0.3, 0.4) is 0 Å². The highest BCUT2D eigenvalue weighted by atomic mass is 19.1. The number of rotatable bonds is 2. The minimum Gasteiger partial charge on any atom is -0.320 e. The third-order valence-electron chi connectivity index (χ3n) is 3.65. The van der Waals surface area contributed by atoms with Crippen LogP contribution in [-0.2, 0) is 4.79 Å². The maximum absolute atomic E-state index is 13.5. The Kier molecular flexibility index (Phi) is 4.04. The lowest BCUT2D eigenvalue weighted by Gasteiger charge is -2.38. The smallest absolute Gasteiger partial charge is 0.242 e. The molecular weight excluding hydrogens is 269 g/mol. The monoisotopic (exact) mass is 286 g/mol. The van der Waals surface area contributed by atoms with Crippen LogP contribution in [0, 0.1) is 22.9 Å². The largest absolute Gasteiger partial charge is 0.320 e. The first kappa shape index (κ1) is 14.8. The van der Waals surface area contributed by atoms with Crippen LogP contribution in [-0.4, -0.2) is 18.5 Å². The van der Waals surface area contributed by atoms with Crippen LogP contribution in [0.5, 0.6) is 0 Å². The van der Waals surface area contributed by atoms with Crippen molar-refractivity contribution >= 4 is 11.6 Å². The van der Waals surface area contributed by atoms with E-state index in [0.717, 1.165) is 12.8 Å². The first-order valence-corrected chi connectivity index (χ1v) is 6.50. The summed E-state index contributed by atoms with van der Waals surface area (Å²) in [6.45, 7) is 4.51. The molecule has 1 saturated heterocycles. The normalized spacial score (nSPS) is 21.6. The minimum atomic E-state index is -1.12. The Morgan fingerprint density at radius 3 is 2.45 bits per heavy atom. The van der Waals surface area contributed by atoms with Gasteiger partial charge in [0.2, 0.25) is 5.91 Å². The number of carbonyl (C=O) groups is 1. The fourth-order valence-electron chi connectivity index (χ4n) is 2.52. The summed E-state index contributed by atoms with van der Waals surface area (Å²) in [4.78, 5) is 12.2. The summed E-state index contributed by atoms with van der Waals surface area (Å²) in [6.07, 6.45) is 1.78. The highest BCUT2D eigenvalue weighted by molar-refractivity contribution is 5.95. The van der Waals surface area contributed by atoms with Crippen molar-refractivity contribution in [1.82, 2.24) is 5.32 Å². The molecule has 110 valence electrons. The molecule has 0 saturated carbocycles. The van der Waals surface area contributed by atoms with Gasteiger partial charge in [0.05, 0.1) is 6.04 Å². The summed E-state index contributed by atoms with van der Waals surface area (Å²) < 4.78 is 39.9. The number of carbonyl (C=O) groups excluding carboxylic acids is 1. The van der Waals surface area contributed by atoms with Gasteiger partial charge in [-0.25, -0.2) is 13.2 Å². The SMILES string of the molecule is CC1(C)CCCNC1C(=O)Nc1c(F)cc(F)cc1F. The highest BCUT2D eigenvalue weighted by Crippen LogP contribution is 2.31. The first-order chi connectivity index (χ1) is 9.31. The van der Waals surface area contributed by atoms with Crippen molar-refractivity contribution in [3.8, 4) is 0 Å². The fraction of sp³-hybridized carbons (Fsp3) is 0.500. The zero-order valence-electron chi connectivity index (χ0n) is 11.4. The average Bonchev–Trinajstić information content (AvgIpc) is 2.32. The van der Waals surface area contributed by atoms with E-state index in [9.17, 15) is 18.0 Å². The zero-order chi connectivity index (χ0) is 14.9. The molecule has 1 fully saturated rings.